The fourth-order valence-corrected chi connectivity index (χ4v) is 1.98. The van der Waals surface area contributed by atoms with Crippen molar-refractivity contribution in [1.82, 2.24) is 9.97 Å². The van der Waals surface area contributed by atoms with Gasteiger partial charge in [0.1, 0.15) is 11.5 Å². The van der Waals surface area contributed by atoms with Gasteiger partial charge < -0.3 is 14.6 Å². The van der Waals surface area contributed by atoms with Gasteiger partial charge in [0.05, 0.1) is 17.7 Å². The van der Waals surface area contributed by atoms with Gasteiger partial charge in [0.25, 0.3) is 0 Å². The molecule has 2 heterocycles. The van der Waals surface area contributed by atoms with Crippen molar-refractivity contribution >= 4 is 17.5 Å². The fraction of sp³-hybridized carbons (Fsp3) is 0.385. The Labute approximate surface area is 122 Å². The highest BCUT2D eigenvalue weighted by molar-refractivity contribution is 5.62. The molecule has 1 N–H and O–H groups in total. The molecule has 0 amide bonds. The Hall–Kier alpha value is -2.64. The van der Waals surface area contributed by atoms with Gasteiger partial charge in [0.2, 0.25) is 11.8 Å². The first kappa shape index (κ1) is 14.8. The van der Waals surface area contributed by atoms with Crippen molar-refractivity contribution in [3.05, 3.63) is 40.0 Å². The van der Waals surface area contributed by atoms with Gasteiger partial charge in [-0.2, -0.15) is 4.98 Å². The number of hydrogen-bond donors (Lipinski definition) is 1. The Kier molecular flexibility index (Phi) is 4.36. The van der Waals surface area contributed by atoms with Crippen molar-refractivity contribution in [1.29, 1.82) is 0 Å². The lowest BCUT2D eigenvalue weighted by atomic mass is 10.3. The van der Waals surface area contributed by atoms with Crippen LogP contribution in [0.25, 0.3) is 0 Å². The molecule has 0 aliphatic rings. The number of nitro groups is 1. The third-order valence-corrected chi connectivity index (χ3v) is 2.89. The fourth-order valence-electron chi connectivity index (χ4n) is 1.98. The molecule has 0 unspecified atom stereocenters. The molecule has 2 rings (SSSR count). The average Bonchev–Trinajstić information content (AvgIpc) is 2.90. The zero-order valence-electron chi connectivity index (χ0n) is 12.2. The third-order valence-electron chi connectivity index (χ3n) is 2.89. The third kappa shape index (κ3) is 3.28. The van der Waals surface area contributed by atoms with E-state index in [4.69, 9.17) is 4.42 Å². The van der Waals surface area contributed by atoms with E-state index in [1.165, 1.54) is 0 Å². The Morgan fingerprint density at radius 1 is 1.48 bits per heavy atom. The Bertz CT molecular complexity index is 627. The van der Waals surface area contributed by atoms with E-state index in [0.29, 0.717) is 30.5 Å². The molecule has 2 aromatic rings. The minimum absolute atomic E-state index is 0.0919. The summed E-state index contributed by atoms with van der Waals surface area (Å²) in [5.74, 6) is 1.34. The van der Waals surface area contributed by atoms with E-state index in [1.54, 1.807) is 31.2 Å². The summed E-state index contributed by atoms with van der Waals surface area (Å²) in [6, 6.07) is 3.58. The van der Waals surface area contributed by atoms with Crippen LogP contribution in [0.2, 0.25) is 0 Å². The van der Waals surface area contributed by atoms with Gasteiger partial charge in [0.15, 0.2) is 0 Å². The van der Waals surface area contributed by atoms with Crippen molar-refractivity contribution in [3.8, 4) is 0 Å². The molecule has 0 saturated heterocycles. The standard InChI is InChI=1S/C13H17N5O3/c1-4-14-13-15-9(2)11(18(19)20)12(16-13)17(3)8-10-6-5-7-21-10/h5-7H,4,8H2,1-3H3,(H,14,15,16). The molecule has 112 valence electrons. The van der Waals surface area contributed by atoms with Crippen molar-refractivity contribution in [2.24, 2.45) is 0 Å². The van der Waals surface area contributed by atoms with Crippen molar-refractivity contribution < 1.29 is 9.34 Å². The predicted octanol–water partition coefficient (Wildman–Crippen LogP) is 2.35. The maximum atomic E-state index is 11.3. The molecule has 8 heteroatoms. The van der Waals surface area contributed by atoms with E-state index in [2.05, 4.69) is 15.3 Å². The van der Waals surface area contributed by atoms with Crippen molar-refractivity contribution in [2.75, 3.05) is 23.8 Å². The first-order valence-electron chi connectivity index (χ1n) is 6.53. The second-order valence-electron chi connectivity index (χ2n) is 4.53. The quantitative estimate of drug-likeness (QED) is 0.644. The van der Waals surface area contributed by atoms with Gasteiger partial charge in [0, 0.05) is 13.6 Å². The van der Waals surface area contributed by atoms with E-state index in [0.717, 1.165) is 0 Å². The number of nitrogens with one attached hydrogen (secondary N) is 1. The molecule has 0 bridgehead atoms. The Balaban J connectivity index is 2.40. The average molecular weight is 291 g/mol. The Morgan fingerprint density at radius 2 is 2.24 bits per heavy atom. The second kappa shape index (κ2) is 6.21. The summed E-state index contributed by atoms with van der Waals surface area (Å²) in [4.78, 5) is 20.8. The van der Waals surface area contributed by atoms with Crippen LogP contribution in [-0.4, -0.2) is 28.5 Å². The van der Waals surface area contributed by atoms with E-state index in [-0.39, 0.29) is 11.5 Å². The highest BCUT2D eigenvalue weighted by Gasteiger charge is 2.25. The molecule has 0 atom stereocenters. The molecular weight excluding hydrogens is 274 g/mol. The van der Waals surface area contributed by atoms with E-state index < -0.39 is 4.92 Å². The second-order valence-corrected chi connectivity index (χ2v) is 4.53. The lowest BCUT2D eigenvalue weighted by Gasteiger charge is -2.18. The van der Waals surface area contributed by atoms with E-state index in [1.807, 2.05) is 13.0 Å². The van der Waals surface area contributed by atoms with Crippen LogP contribution in [0.15, 0.2) is 22.8 Å². The molecule has 0 aromatic carbocycles. The molecule has 0 spiro atoms. The molecule has 0 saturated carbocycles. The largest absolute Gasteiger partial charge is 0.467 e. The van der Waals surface area contributed by atoms with Gasteiger partial charge in [-0.05, 0) is 26.0 Å². The van der Waals surface area contributed by atoms with Crippen LogP contribution in [-0.2, 0) is 6.54 Å². The van der Waals surface area contributed by atoms with Crippen LogP contribution in [0.3, 0.4) is 0 Å². The first-order chi connectivity index (χ1) is 10.0. The number of aromatic nitrogens is 2. The number of aryl methyl sites for hydroxylation is 1. The molecule has 21 heavy (non-hydrogen) atoms. The summed E-state index contributed by atoms with van der Waals surface area (Å²) in [5.41, 5.74) is 0.234. The molecular formula is C13H17N5O3. The van der Waals surface area contributed by atoms with Crippen molar-refractivity contribution in [2.45, 2.75) is 20.4 Å². The zero-order chi connectivity index (χ0) is 15.4. The SMILES string of the molecule is CCNc1nc(C)c([N+](=O)[O-])c(N(C)Cc2ccco2)n1. The lowest BCUT2D eigenvalue weighted by Crippen LogP contribution is -2.20. The van der Waals surface area contributed by atoms with Gasteiger partial charge >= 0.3 is 5.69 Å². The summed E-state index contributed by atoms with van der Waals surface area (Å²) in [6.07, 6.45) is 1.56. The summed E-state index contributed by atoms with van der Waals surface area (Å²) >= 11 is 0. The minimum atomic E-state index is -0.459. The summed E-state index contributed by atoms with van der Waals surface area (Å²) in [7, 11) is 1.73. The molecule has 0 aliphatic heterocycles. The van der Waals surface area contributed by atoms with Crippen LogP contribution in [0, 0.1) is 17.0 Å². The first-order valence-corrected chi connectivity index (χ1v) is 6.53. The van der Waals surface area contributed by atoms with Crippen LogP contribution < -0.4 is 10.2 Å². The number of rotatable bonds is 6. The molecule has 0 radical (unpaired) electrons. The minimum Gasteiger partial charge on any atom is -0.467 e. The van der Waals surface area contributed by atoms with Crippen molar-refractivity contribution in [3.63, 3.8) is 0 Å². The highest BCUT2D eigenvalue weighted by Crippen LogP contribution is 2.29. The lowest BCUT2D eigenvalue weighted by molar-refractivity contribution is -0.385. The van der Waals surface area contributed by atoms with Gasteiger partial charge in [-0.25, -0.2) is 4.98 Å². The number of anilines is 2. The van der Waals surface area contributed by atoms with Crippen LogP contribution in [0.5, 0.6) is 0 Å². The molecule has 2 aromatic heterocycles. The van der Waals surface area contributed by atoms with Gasteiger partial charge in [-0.1, -0.05) is 0 Å². The predicted molar refractivity (Wildman–Crippen MR) is 78.4 cm³/mol. The number of nitrogens with zero attached hydrogens (tertiary/aromatic N) is 4. The monoisotopic (exact) mass is 291 g/mol. The summed E-state index contributed by atoms with van der Waals surface area (Å²) in [6.45, 7) is 4.53. The zero-order valence-corrected chi connectivity index (χ0v) is 12.2. The summed E-state index contributed by atoms with van der Waals surface area (Å²) < 4.78 is 5.26. The van der Waals surface area contributed by atoms with Crippen LogP contribution in [0.4, 0.5) is 17.5 Å². The summed E-state index contributed by atoms with van der Waals surface area (Å²) in [5, 5.41) is 14.2. The van der Waals surface area contributed by atoms with Crippen LogP contribution in [0.1, 0.15) is 18.4 Å². The number of hydrogen-bond acceptors (Lipinski definition) is 7. The highest BCUT2D eigenvalue weighted by atomic mass is 16.6. The van der Waals surface area contributed by atoms with Gasteiger partial charge in [-0.3, -0.25) is 10.1 Å². The van der Waals surface area contributed by atoms with Gasteiger partial charge in [-0.15, -0.1) is 0 Å². The number of furan rings is 1. The van der Waals surface area contributed by atoms with Crippen LogP contribution >= 0.6 is 0 Å². The maximum Gasteiger partial charge on any atom is 0.332 e. The normalized spacial score (nSPS) is 10.4. The Morgan fingerprint density at radius 3 is 2.81 bits per heavy atom. The molecule has 0 aliphatic carbocycles. The molecule has 0 fully saturated rings. The van der Waals surface area contributed by atoms with E-state index in [9.17, 15) is 10.1 Å². The smallest absolute Gasteiger partial charge is 0.332 e. The van der Waals surface area contributed by atoms with E-state index >= 15 is 0 Å². The topological polar surface area (TPSA) is 97.3 Å². The molecule has 8 nitrogen and oxygen atoms in total. The maximum absolute atomic E-state index is 11.3.